The Labute approximate surface area is 183 Å². The SMILES string of the molecule is O=c1n(CCOc2nccn3ccnc23)nc2ccc(-c3ccc(OC(F)(F)F)cc3)cn12. The molecule has 0 amide bonds. The number of pyridine rings is 1. The minimum Gasteiger partial charge on any atom is -0.473 e. The van der Waals surface area contributed by atoms with Crippen LogP contribution in [0.15, 0.2) is 72.2 Å². The van der Waals surface area contributed by atoms with Crippen molar-refractivity contribution in [3.63, 3.8) is 0 Å². The van der Waals surface area contributed by atoms with Gasteiger partial charge in [0, 0.05) is 31.0 Å². The highest BCUT2D eigenvalue weighted by atomic mass is 19.4. The number of ether oxygens (including phenoxy) is 2. The van der Waals surface area contributed by atoms with E-state index in [0.717, 1.165) is 0 Å². The van der Waals surface area contributed by atoms with Gasteiger partial charge in [-0.1, -0.05) is 12.1 Å². The van der Waals surface area contributed by atoms with Gasteiger partial charge in [-0.25, -0.2) is 23.8 Å². The van der Waals surface area contributed by atoms with Crippen LogP contribution < -0.4 is 15.2 Å². The molecule has 0 spiro atoms. The average Bonchev–Trinajstić information content (AvgIpc) is 3.38. The molecule has 12 heteroatoms. The van der Waals surface area contributed by atoms with Gasteiger partial charge in [0.25, 0.3) is 5.88 Å². The smallest absolute Gasteiger partial charge is 0.473 e. The van der Waals surface area contributed by atoms with E-state index in [4.69, 9.17) is 4.74 Å². The second-order valence-corrected chi connectivity index (χ2v) is 6.96. The van der Waals surface area contributed by atoms with Crippen molar-refractivity contribution in [3.05, 3.63) is 77.9 Å². The molecule has 0 fully saturated rings. The maximum Gasteiger partial charge on any atom is 0.573 e. The number of alkyl halides is 3. The van der Waals surface area contributed by atoms with Gasteiger partial charge in [0.2, 0.25) is 0 Å². The number of aromatic nitrogens is 6. The first-order valence-electron chi connectivity index (χ1n) is 9.73. The van der Waals surface area contributed by atoms with Crippen molar-refractivity contribution < 1.29 is 22.6 Å². The first-order chi connectivity index (χ1) is 15.9. The number of rotatable bonds is 6. The normalized spacial score (nSPS) is 11.8. The Balaban J connectivity index is 1.33. The molecule has 0 aliphatic carbocycles. The van der Waals surface area contributed by atoms with Gasteiger partial charge in [0.1, 0.15) is 12.4 Å². The van der Waals surface area contributed by atoms with Gasteiger partial charge >= 0.3 is 12.1 Å². The minimum atomic E-state index is -4.76. The van der Waals surface area contributed by atoms with Gasteiger partial charge in [-0.15, -0.1) is 18.3 Å². The summed E-state index contributed by atoms with van der Waals surface area (Å²) >= 11 is 0. The number of imidazole rings is 1. The number of fused-ring (bicyclic) bond motifs is 2. The Bertz CT molecular complexity index is 1490. The first kappa shape index (κ1) is 20.5. The van der Waals surface area contributed by atoms with Crippen molar-refractivity contribution in [2.24, 2.45) is 0 Å². The molecule has 0 bridgehead atoms. The van der Waals surface area contributed by atoms with Crippen molar-refractivity contribution in [1.82, 2.24) is 28.5 Å². The summed E-state index contributed by atoms with van der Waals surface area (Å²) in [6, 6.07) is 8.77. The third kappa shape index (κ3) is 4.22. The highest BCUT2D eigenvalue weighted by molar-refractivity contribution is 5.65. The molecule has 5 rings (SSSR count). The highest BCUT2D eigenvalue weighted by Crippen LogP contribution is 2.26. The third-order valence-corrected chi connectivity index (χ3v) is 4.82. The van der Waals surface area contributed by atoms with Crippen LogP contribution in [0.5, 0.6) is 11.6 Å². The predicted molar refractivity (Wildman–Crippen MR) is 110 cm³/mol. The van der Waals surface area contributed by atoms with E-state index in [1.807, 2.05) is 0 Å². The van der Waals surface area contributed by atoms with Gasteiger partial charge < -0.3 is 13.9 Å². The molecule has 4 aromatic heterocycles. The zero-order valence-electron chi connectivity index (χ0n) is 16.8. The van der Waals surface area contributed by atoms with Crippen LogP contribution in [0.1, 0.15) is 0 Å². The summed E-state index contributed by atoms with van der Waals surface area (Å²) in [6.07, 6.45) is 3.55. The number of hydrogen-bond acceptors (Lipinski definition) is 6. The molecule has 0 unspecified atom stereocenters. The van der Waals surface area contributed by atoms with Crippen molar-refractivity contribution >= 4 is 11.3 Å². The standard InChI is InChI=1S/C21H15F3N6O3/c22-21(23,24)33-16-4-1-14(2-5-16)15-3-6-17-27-30(20(31)29(17)13-15)11-12-32-19-18-25-7-9-28(18)10-8-26-19/h1-10,13H,11-12H2. The maximum absolute atomic E-state index is 12.8. The lowest BCUT2D eigenvalue weighted by molar-refractivity contribution is -0.274. The number of nitrogens with zero attached hydrogens (tertiary/aromatic N) is 6. The average molecular weight is 456 g/mol. The summed E-state index contributed by atoms with van der Waals surface area (Å²) < 4.78 is 51.0. The van der Waals surface area contributed by atoms with E-state index in [1.165, 1.54) is 33.3 Å². The Morgan fingerprint density at radius 2 is 1.67 bits per heavy atom. The van der Waals surface area contributed by atoms with Crippen molar-refractivity contribution in [1.29, 1.82) is 0 Å². The van der Waals surface area contributed by atoms with Crippen LogP contribution in [0.4, 0.5) is 13.2 Å². The number of benzene rings is 1. The zero-order chi connectivity index (χ0) is 23.0. The quantitative estimate of drug-likeness (QED) is 0.390. The second kappa shape index (κ2) is 7.97. The molecule has 0 N–H and O–H groups in total. The lowest BCUT2D eigenvalue weighted by Gasteiger charge is -2.09. The summed E-state index contributed by atoms with van der Waals surface area (Å²) in [5.74, 6) is 0.0254. The van der Waals surface area contributed by atoms with Crippen LogP contribution in [-0.2, 0) is 6.54 Å². The van der Waals surface area contributed by atoms with E-state index in [-0.39, 0.29) is 24.6 Å². The highest BCUT2D eigenvalue weighted by Gasteiger charge is 2.31. The molecule has 0 aliphatic heterocycles. The Morgan fingerprint density at radius 3 is 2.42 bits per heavy atom. The molecule has 0 aliphatic rings. The molecule has 9 nitrogen and oxygen atoms in total. The van der Waals surface area contributed by atoms with E-state index in [1.54, 1.807) is 47.5 Å². The lowest BCUT2D eigenvalue weighted by Crippen LogP contribution is -2.24. The topological polar surface area (TPSA) is 88.0 Å². The van der Waals surface area contributed by atoms with Gasteiger partial charge in [-0.05, 0) is 35.4 Å². The summed E-state index contributed by atoms with van der Waals surface area (Å²) in [4.78, 5) is 21.1. The Hall–Kier alpha value is -4.35. The fourth-order valence-corrected chi connectivity index (χ4v) is 3.34. The van der Waals surface area contributed by atoms with E-state index in [0.29, 0.717) is 28.3 Å². The molecule has 0 saturated carbocycles. The molecule has 4 heterocycles. The minimum absolute atomic E-state index is 0.150. The van der Waals surface area contributed by atoms with Crippen molar-refractivity contribution in [3.8, 4) is 22.8 Å². The van der Waals surface area contributed by atoms with Crippen LogP contribution in [0.2, 0.25) is 0 Å². The van der Waals surface area contributed by atoms with Crippen LogP contribution in [0.25, 0.3) is 22.4 Å². The molecule has 1 aromatic carbocycles. The van der Waals surface area contributed by atoms with Crippen molar-refractivity contribution in [2.45, 2.75) is 12.9 Å². The van der Waals surface area contributed by atoms with Crippen molar-refractivity contribution in [2.75, 3.05) is 6.61 Å². The summed E-state index contributed by atoms with van der Waals surface area (Å²) in [6.45, 7) is 0.333. The molecular weight excluding hydrogens is 441 g/mol. The molecule has 5 aromatic rings. The van der Waals surface area contributed by atoms with Gasteiger partial charge in [-0.3, -0.25) is 0 Å². The maximum atomic E-state index is 12.8. The Morgan fingerprint density at radius 1 is 0.939 bits per heavy atom. The first-order valence-corrected chi connectivity index (χ1v) is 9.73. The van der Waals surface area contributed by atoms with E-state index >= 15 is 0 Å². The fraction of sp³-hybridized carbons (Fsp3) is 0.143. The van der Waals surface area contributed by atoms with Crippen LogP contribution in [0.3, 0.4) is 0 Å². The molecule has 33 heavy (non-hydrogen) atoms. The summed E-state index contributed by atoms with van der Waals surface area (Å²) in [5, 5.41) is 4.29. The van der Waals surface area contributed by atoms with E-state index in [9.17, 15) is 18.0 Å². The number of hydrogen-bond donors (Lipinski definition) is 0. The largest absolute Gasteiger partial charge is 0.573 e. The van der Waals surface area contributed by atoms with Gasteiger partial charge in [-0.2, -0.15) is 0 Å². The lowest BCUT2D eigenvalue weighted by atomic mass is 10.1. The predicted octanol–water partition coefficient (Wildman–Crippen LogP) is 3.18. The Kier molecular flexibility index (Phi) is 4.96. The summed E-state index contributed by atoms with van der Waals surface area (Å²) in [5.41, 5.74) is 1.87. The van der Waals surface area contributed by atoms with Crippen LogP contribution in [0, 0.1) is 0 Å². The van der Waals surface area contributed by atoms with Gasteiger partial charge in [0.15, 0.2) is 11.3 Å². The second-order valence-electron chi connectivity index (χ2n) is 6.96. The molecular formula is C21H15F3N6O3. The molecule has 0 radical (unpaired) electrons. The van der Waals surface area contributed by atoms with E-state index in [2.05, 4.69) is 19.8 Å². The third-order valence-electron chi connectivity index (χ3n) is 4.82. The van der Waals surface area contributed by atoms with Crippen LogP contribution >= 0.6 is 0 Å². The molecule has 168 valence electrons. The molecule has 0 atom stereocenters. The molecule has 0 saturated heterocycles. The fourth-order valence-electron chi connectivity index (χ4n) is 3.34. The van der Waals surface area contributed by atoms with Gasteiger partial charge in [0.05, 0.1) is 6.54 Å². The monoisotopic (exact) mass is 456 g/mol. The van der Waals surface area contributed by atoms with E-state index < -0.39 is 6.36 Å². The number of halogens is 3. The summed E-state index contributed by atoms with van der Waals surface area (Å²) in [7, 11) is 0. The zero-order valence-corrected chi connectivity index (χ0v) is 16.8. The van der Waals surface area contributed by atoms with Crippen LogP contribution in [-0.4, -0.2) is 41.5 Å².